The van der Waals surface area contributed by atoms with Crippen LogP contribution in [0.25, 0.3) is 0 Å². The second kappa shape index (κ2) is 4.10. The molecule has 0 radical (unpaired) electrons. The third-order valence-electron chi connectivity index (χ3n) is 3.94. The molecule has 2 aliphatic heterocycles. The Morgan fingerprint density at radius 1 is 1.18 bits per heavy atom. The highest BCUT2D eigenvalue weighted by Crippen LogP contribution is 2.34. The molecule has 2 atom stereocenters. The molecule has 0 unspecified atom stereocenters. The number of likely N-dealkylation sites (tertiary alicyclic amines) is 1. The SMILES string of the molecule is O=S1(=O)CC[C@@H]2CN(Cc3ccccc3)C[C@@H]21. The van der Waals surface area contributed by atoms with Crippen molar-refractivity contribution in [1.82, 2.24) is 4.90 Å². The molecule has 0 aromatic heterocycles. The summed E-state index contributed by atoms with van der Waals surface area (Å²) < 4.78 is 23.6. The first kappa shape index (κ1) is 11.2. The van der Waals surface area contributed by atoms with Gasteiger partial charge in [-0.25, -0.2) is 8.42 Å². The predicted molar refractivity (Wildman–Crippen MR) is 67.4 cm³/mol. The topological polar surface area (TPSA) is 37.4 Å². The Morgan fingerprint density at radius 3 is 2.65 bits per heavy atom. The maximum absolute atomic E-state index is 11.8. The van der Waals surface area contributed by atoms with Crippen LogP contribution in [0, 0.1) is 5.92 Å². The number of rotatable bonds is 2. The Kier molecular flexibility index (Phi) is 2.71. The maximum Gasteiger partial charge on any atom is 0.154 e. The van der Waals surface area contributed by atoms with Crippen LogP contribution in [0.15, 0.2) is 30.3 Å². The molecule has 3 rings (SSSR count). The van der Waals surface area contributed by atoms with E-state index in [1.54, 1.807) is 0 Å². The molecule has 2 aliphatic rings. The lowest BCUT2D eigenvalue weighted by molar-refractivity contribution is 0.314. The molecule has 1 aromatic carbocycles. The third kappa shape index (κ3) is 2.11. The van der Waals surface area contributed by atoms with Crippen LogP contribution in [-0.4, -0.2) is 37.4 Å². The minimum atomic E-state index is -2.79. The van der Waals surface area contributed by atoms with Crippen molar-refractivity contribution >= 4 is 9.84 Å². The van der Waals surface area contributed by atoms with Gasteiger partial charge in [0.1, 0.15) is 0 Å². The van der Waals surface area contributed by atoms with Gasteiger partial charge in [-0.3, -0.25) is 4.90 Å². The number of benzene rings is 1. The van der Waals surface area contributed by atoms with Crippen LogP contribution in [0.2, 0.25) is 0 Å². The number of hydrogen-bond acceptors (Lipinski definition) is 3. The van der Waals surface area contributed by atoms with Crippen LogP contribution in [0.3, 0.4) is 0 Å². The molecule has 2 saturated heterocycles. The quantitative estimate of drug-likeness (QED) is 0.795. The highest BCUT2D eigenvalue weighted by Gasteiger charge is 2.45. The van der Waals surface area contributed by atoms with Crippen LogP contribution in [0.4, 0.5) is 0 Å². The van der Waals surface area contributed by atoms with Crippen molar-refractivity contribution in [2.75, 3.05) is 18.8 Å². The fourth-order valence-electron chi connectivity index (χ4n) is 3.05. The molecule has 92 valence electrons. The van der Waals surface area contributed by atoms with Gasteiger partial charge in [-0.1, -0.05) is 30.3 Å². The second-order valence-electron chi connectivity index (χ2n) is 5.13. The highest BCUT2D eigenvalue weighted by atomic mass is 32.2. The molecule has 0 N–H and O–H groups in total. The van der Waals surface area contributed by atoms with E-state index < -0.39 is 9.84 Å². The molecule has 3 nitrogen and oxygen atoms in total. The monoisotopic (exact) mass is 251 g/mol. The van der Waals surface area contributed by atoms with E-state index in [9.17, 15) is 8.42 Å². The summed E-state index contributed by atoms with van der Waals surface area (Å²) in [5, 5.41) is -0.0915. The number of fused-ring (bicyclic) bond motifs is 1. The predicted octanol–water partition coefficient (Wildman–Crippen LogP) is 1.31. The first-order valence-electron chi connectivity index (χ1n) is 6.13. The van der Waals surface area contributed by atoms with Gasteiger partial charge in [0, 0.05) is 19.6 Å². The van der Waals surface area contributed by atoms with Crippen molar-refractivity contribution in [2.24, 2.45) is 5.92 Å². The third-order valence-corrected chi connectivity index (χ3v) is 6.20. The summed E-state index contributed by atoms with van der Waals surface area (Å²) in [6.07, 6.45) is 0.859. The number of hydrogen-bond donors (Lipinski definition) is 0. The van der Waals surface area contributed by atoms with Gasteiger partial charge in [-0.2, -0.15) is 0 Å². The van der Waals surface area contributed by atoms with Gasteiger partial charge >= 0.3 is 0 Å². The summed E-state index contributed by atoms with van der Waals surface area (Å²) in [7, 11) is -2.79. The van der Waals surface area contributed by atoms with E-state index in [1.807, 2.05) is 18.2 Å². The van der Waals surface area contributed by atoms with Crippen molar-refractivity contribution in [3.8, 4) is 0 Å². The second-order valence-corrected chi connectivity index (χ2v) is 7.47. The molecule has 4 heteroatoms. The Hall–Kier alpha value is -0.870. The first-order chi connectivity index (χ1) is 8.15. The summed E-state index contributed by atoms with van der Waals surface area (Å²) in [5.74, 6) is 0.783. The number of nitrogens with zero attached hydrogens (tertiary/aromatic N) is 1. The van der Waals surface area contributed by atoms with E-state index in [-0.39, 0.29) is 5.25 Å². The van der Waals surface area contributed by atoms with Crippen LogP contribution in [0.5, 0.6) is 0 Å². The van der Waals surface area contributed by atoms with Gasteiger partial charge in [-0.15, -0.1) is 0 Å². The lowest BCUT2D eigenvalue weighted by Crippen LogP contribution is -2.26. The van der Waals surface area contributed by atoms with Crippen molar-refractivity contribution < 1.29 is 8.42 Å². The van der Waals surface area contributed by atoms with Gasteiger partial charge < -0.3 is 0 Å². The number of sulfone groups is 1. The van der Waals surface area contributed by atoms with E-state index in [1.165, 1.54) is 5.56 Å². The highest BCUT2D eigenvalue weighted by molar-refractivity contribution is 7.92. The summed E-state index contributed by atoms with van der Waals surface area (Å²) in [4.78, 5) is 2.28. The average molecular weight is 251 g/mol. The van der Waals surface area contributed by atoms with E-state index in [0.717, 1.165) is 26.1 Å². The summed E-state index contributed by atoms with van der Waals surface area (Å²) >= 11 is 0. The van der Waals surface area contributed by atoms with Crippen molar-refractivity contribution in [3.05, 3.63) is 35.9 Å². The molecular weight excluding hydrogens is 234 g/mol. The Balaban J connectivity index is 1.70. The normalized spacial score (nSPS) is 31.5. The van der Waals surface area contributed by atoms with Crippen LogP contribution >= 0.6 is 0 Å². The van der Waals surface area contributed by atoms with Gasteiger partial charge in [-0.05, 0) is 17.9 Å². The van der Waals surface area contributed by atoms with Gasteiger partial charge in [0.05, 0.1) is 11.0 Å². The molecule has 0 saturated carbocycles. The van der Waals surface area contributed by atoms with E-state index in [0.29, 0.717) is 11.7 Å². The lowest BCUT2D eigenvalue weighted by atomic mass is 10.1. The average Bonchev–Trinajstić information content (AvgIpc) is 2.82. The molecule has 1 aromatic rings. The zero-order valence-corrected chi connectivity index (χ0v) is 10.6. The fourth-order valence-corrected chi connectivity index (χ4v) is 5.23. The Bertz CT molecular complexity index is 497. The van der Waals surface area contributed by atoms with Gasteiger partial charge in [0.2, 0.25) is 0 Å². The summed E-state index contributed by atoms with van der Waals surface area (Å²) in [5.41, 5.74) is 1.27. The van der Waals surface area contributed by atoms with Crippen LogP contribution < -0.4 is 0 Å². The van der Waals surface area contributed by atoms with Crippen LogP contribution in [-0.2, 0) is 16.4 Å². The van der Waals surface area contributed by atoms with Crippen molar-refractivity contribution in [2.45, 2.75) is 18.2 Å². The van der Waals surface area contributed by atoms with Gasteiger partial charge in [0.25, 0.3) is 0 Å². The minimum Gasteiger partial charge on any atom is -0.297 e. The lowest BCUT2D eigenvalue weighted by Gasteiger charge is -2.16. The molecule has 0 spiro atoms. The van der Waals surface area contributed by atoms with E-state index in [4.69, 9.17) is 0 Å². The molecule has 2 fully saturated rings. The summed E-state index contributed by atoms with van der Waals surface area (Å²) in [6.45, 7) is 2.55. The van der Waals surface area contributed by atoms with E-state index in [2.05, 4.69) is 17.0 Å². The van der Waals surface area contributed by atoms with Gasteiger partial charge in [0.15, 0.2) is 9.84 Å². The summed E-state index contributed by atoms with van der Waals surface area (Å²) in [6, 6.07) is 10.3. The fraction of sp³-hybridized carbons (Fsp3) is 0.538. The maximum atomic E-state index is 11.8. The van der Waals surface area contributed by atoms with Crippen molar-refractivity contribution in [1.29, 1.82) is 0 Å². The largest absolute Gasteiger partial charge is 0.297 e. The molecule has 2 heterocycles. The molecule has 0 aliphatic carbocycles. The molecule has 0 bridgehead atoms. The standard InChI is InChI=1S/C13H17NO2S/c15-17(16)7-6-12-9-14(10-13(12)17)8-11-4-2-1-3-5-11/h1-5,12-13H,6-10H2/t12-,13+/m1/s1. The van der Waals surface area contributed by atoms with E-state index >= 15 is 0 Å². The zero-order valence-electron chi connectivity index (χ0n) is 9.75. The molecule has 17 heavy (non-hydrogen) atoms. The van der Waals surface area contributed by atoms with Crippen molar-refractivity contribution in [3.63, 3.8) is 0 Å². The minimum absolute atomic E-state index is 0.0915. The molecule has 0 amide bonds. The smallest absolute Gasteiger partial charge is 0.154 e. The Labute approximate surface area is 102 Å². The van der Waals surface area contributed by atoms with Crippen LogP contribution in [0.1, 0.15) is 12.0 Å². The molecular formula is C13H17NO2S. The Morgan fingerprint density at radius 2 is 1.94 bits per heavy atom. The first-order valence-corrected chi connectivity index (χ1v) is 7.84. The zero-order chi connectivity index (χ0) is 11.9.